The zero-order valence-corrected chi connectivity index (χ0v) is 14.9. The van der Waals surface area contributed by atoms with Gasteiger partial charge in [-0.25, -0.2) is 9.97 Å². The maximum atomic E-state index is 12.7. The van der Waals surface area contributed by atoms with Gasteiger partial charge in [-0.05, 0) is 23.6 Å². The van der Waals surface area contributed by atoms with Crippen LogP contribution in [-0.2, 0) is 0 Å². The van der Waals surface area contributed by atoms with E-state index in [0.29, 0.717) is 17.2 Å². The SMILES string of the molecule is O=C(Nc1cnccc1N1CCNCC1)c1ccnc(-c2ccsc2)n1. The monoisotopic (exact) mass is 366 g/mol. The average molecular weight is 366 g/mol. The third kappa shape index (κ3) is 3.56. The van der Waals surface area contributed by atoms with E-state index in [1.165, 1.54) is 0 Å². The average Bonchev–Trinajstić information content (AvgIpc) is 3.24. The Morgan fingerprint density at radius 1 is 1.19 bits per heavy atom. The maximum absolute atomic E-state index is 12.7. The molecule has 132 valence electrons. The van der Waals surface area contributed by atoms with Gasteiger partial charge in [-0.1, -0.05) is 0 Å². The van der Waals surface area contributed by atoms with Crippen LogP contribution < -0.4 is 15.5 Å². The number of hydrogen-bond acceptors (Lipinski definition) is 7. The van der Waals surface area contributed by atoms with Crippen molar-refractivity contribution in [2.75, 3.05) is 36.4 Å². The first-order valence-electron chi connectivity index (χ1n) is 8.38. The number of carbonyl (C=O) groups is 1. The van der Waals surface area contributed by atoms with Crippen LogP contribution in [0.3, 0.4) is 0 Å². The number of aromatic nitrogens is 3. The van der Waals surface area contributed by atoms with E-state index in [-0.39, 0.29) is 5.91 Å². The number of nitrogens with zero attached hydrogens (tertiary/aromatic N) is 4. The van der Waals surface area contributed by atoms with Crippen LogP contribution in [0.4, 0.5) is 11.4 Å². The summed E-state index contributed by atoms with van der Waals surface area (Å²) in [5, 5.41) is 10.2. The van der Waals surface area contributed by atoms with Gasteiger partial charge in [0.25, 0.3) is 5.91 Å². The van der Waals surface area contributed by atoms with Crippen molar-refractivity contribution in [1.82, 2.24) is 20.3 Å². The molecule has 0 aliphatic carbocycles. The lowest BCUT2D eigenvalue weighted by atomic mass is 10.2. The Kier molecular flexibility index (Phi) is 4.85. The van der Waals surface area contributed by atoms with Gasteiger partial charge >= 0.3 is 0 Å². The molecular formula is C18H18N6OS. The van der Waals surface area contributed by atoms with Crippen molar-refractivity contribution in [3.05, 3.63) is 53.2 Å². The number of carbonyl (C=O) groups excluding carboxylic acids is 1. The molecular weight excluding hydrogens is 348 g/mol. The van der Waals surface area contributed by atoms with E-state index < -0.39 is 0 Å². The number of nitrogens with one attached hydrogen (secondary N) is 2. The van der Waals surface area contributed by atoms with Gasteiger partial charge in [-0.15, -0.1) is 0 Å². The van der Waals surface area contributed by atoms with Crippen molar-refractivity contribution in [3.8, 4) is 11.4 Å². The topological polar surface area (TPSA) is 83.0 Å². The van der Waals surface area contributed by atoms with Crippen molar-refractivity contribution < 1.29 is 4.79 Å². The van der Waals surface area contributed by atoms with Crippen LogP contribution in [-0.4, -0.2) is 47.0 Å². The lowest BCUT2D eigenvalue weighted by Crippen LogP contribution is -2.43. The normalized spacial score (nSPS) is 14.2. The Morgan fingerprint density at radius 3 is 2.88 bits per heavy atom. The standard InChI is InChI=1S/C18H18N6OS/c25-18(14-1-5-21-17(22-14)13-3-10-26-12-13)23-15-11-20-4-2-16(15)24-8-6-19-7-9-24/h1-5,10-12,19H,6-9H2,(H,23,25). The molecule has 1 aliphatic rings. The summed E-state index contributed by atoms with van der Waals surface area (Å²) < 4.78 is 0. The quantitative estimate of drug-likeness (QED) is 0.737. The Labute approximate surface area is 155 Å². The molecule has 0 spiro atoms. The van der Waals surface area contributed by atoms with Crippen LogP contribution in [0.15, 0.2) is 47.5 Å². The van der Waals surface area contributed by atoms with E-state index >= 15 is 0 Å². The maximum Gasteiger partial charge on any atom is 0.274 e. The molecule has 26 heavy (non-hydrogen) atoms. The largest absolute Gasteiger partial charge is 0.367 e. The van der Waals surface area contributed by atoms with Gasteiger partial charge in [0.15, 0.2) is 5.82 Å². The van der Waals surface area contributed by atoms with Crippen molar-refractivity contribution >= 4 is 28.6 Å². The third-order valence-corrected chi connectivity index (χ3v) is 4.85. The molecule has 0 bridgehead atoms. The molecule has 7 nitrogen and oxygen atoms in total. The predicted octanol–water partition coefficient (Wildman–Crippen LogP) is 2.26. The van der Waals surface area contributed by atoms with Crippen LogP contribution in [0, 0.1) is 0 Å². The van der Waals surface area contributed by atoms with Crippen molar-refractivity contribution in [3.63, 3.8) is 0 Å². The first-order chi connectivity index (χ1) is 12.8. The van der Waals surface area contributed by atoms with E-state index in [1.54, 1.807) is 36.0 Å². The summed E-state index contributed by atoms with van der Waals surface area (Å²) in [5.41, 5.74) is 2.90. The summed E-state index contributed by atoms with van der Waals surface area (Å²) >= 11 is 1.57. The molecule has 1 saturated heterocycles. The van der Waals surface area contributed by atoms with Gasteiger partial charge in [0.1, 0.15) is 5.69 Å². The Hall–Kier alpha value is -2.84. The molecule has 0 radical (unpaired) electrons. The second-order valence-corrected chi connectivity index (χ2v) is 6.64. The number of anilines is 2. The van der Waals surface area contributed by atoms with Crippen molar-refractivity contribution in [1.29, 1.82) is 0 Å². The molecule has 4 heterocycles. The van der Waals surface area contributed by atoms with Crippen molar-refractivity contribution in [2.45, 2.75) is 0 Å². The number of piperazine rings is 1. The van der Waals surface area contributed by atoms with Gasteiger partial charge in [-0.3, -0.25) is 9.78 Å². The zero-order valence-electron chi connectivity index (χ0n) is 14.1. The molecule has 4 rings (SSSR count). The van der Waals surface area contributed by atoms with Crippen LogP contribution >= 0.6 is 11.3 Å². The summed E-state index contributed by atoms with van der Waals surface area (Å²) in [4.78, 5) is 27.8. The highest BCUT2D eigenvalue weighted by Gasteiger charge is 2.17. The molecule has 8 heteroatoms. The highest BCUT2D eigenvalue weighted by Crippen LogP contribution is 2.25. The lowest BCUT2D eigenvalue weighted by Gasteiger charge is -2.30. The minimum atomic E-state index is -0.270. The van der Waals surface area contributed by atoms with Gasteiger partial charge in [0.2, 0.25) is 0 Å². The Morgan fingerprint density at radius 2 is 2.08 bits per heavy atom. The van der Waals surface area contributed by atoms with E-state index in [9.17, 15) is 4.79 Å². The smallest absolute Gasteiger partial charge is 0.274 e. The Balaban J connectivity index is 1.56. The summed E-state index contributed by atoms with van der Waals surface area (Å²) in [7, 11) is 0. The fraction of sp³-hybridized carbons (Fsp3) is 0.222. The fourth-order valence-electron chi connectivity index (χ4n) is 2.87. The summed E-state index contributed by atoms with van der Waals surface area (Å²) in [6.45, 7) is 3.63. The number of hydrogen-bond donors (Lipinski definition) is 2. The van der Waals surface area contributed by atoms with Crippen molar-refractivity contribution in [2.24, 2.45) is 0 Å². The van der Waals surface area contributed by atoms with Gasteiger partial charge < -0.3 is 15.5 Å². The first-order valence-corrected chi connectivity index (χ1v) is 9.32. The Bertz CT molecular complexity index is 892. The van der Waals surface area contributed by atoms with E-state index in [2.05, 4.69) is 30.5 Å². The lowest BCUT2D eigenvalue weighted by molar-refractivity contribution is 0.102. The molecule has 3 aromatic rings. The number of thiophene rings is 1. The van der Waals surface area contributed by atoms with E-state index in [0.717, 1.165) is 37.4 Å². The first kappa shape index (κ1) is 16.6. The van der Waals surface area contributed by atoms with E-state index in [1.807, 2.05) is 22.9 Å². The van der Waals surface area contributed by atoms with E-state index in [4.69, 9.17) is 0 Å². The molecule has 0 aromatic carbocycles. The second kappa shape index (κ2) is 7.59. The number of amides is 1. The van der Waals surface area contributed by atoms with Gasteiger partial charge in [-0.2, -0.15) is 11.3 Å². The highest BCUT2D eigenvalue weighted by atomic mass is 32.1. The summed E-state index contributed by atoms with van der Waals surface area (Å²) in [6, 6.07) is 5.48. The van der Waals surface area contributed by atoms with Gasteiger partial charge in [0.05, 0.1) is 17.6 Å². The molecule has 0 saturated carbocycles. The molecule has 3 aromatic heterocycles. The molecule has 1 amide bonds. The molecule has 2 N–H and O–H groups in total. The zero-order chi connectivity index (χ0) is 17.8. The number of rotatable bonds is 4. The predicted molar refractivity (Wildman–Crippen MR) is 103 cm³/mol. The van der Waals surface area contributed by atoms with Crippen LogP contribution in [0.25, 0.3) is 11.4 Å². The summed E-state index contributed by atoms with van der Waals surface area (Å²) in [5.74, 6) is 0.278. The minimum absolute atomic E-state index is 0.270. The molecule has 0 unspecified atom stereocenters. The van der Waals surface area contributed by atoms with Crippen LogP contribution in [0.1, 0.15) is 10.5 Å². The van der Waals surface area contributed by atoms with Crippen LogP contribution in [0.2, 0.25) is 0 Å². The highest BCUT2D eigenvalue weighted by molar-refractivity contribution is 7.08. The van der Waals surface area contributed by atoms with Gasteiger partial charge in [0, 0.05) is 49.5 Å². The number of pyridine rings is 1. The second-order valence-electron chi connectivity index (χ2n) is 5.86. The fourth-order valence-corrected chi connectivity index (χ4v) is 3.50. The molecule has 1 aliphatic heterocycles. The molecule has 1 fully saturated rings. The minimum Gasteiger partial charge on any atom is -0.367 e. The van der Waals surface area contributed by atoms with Crippen LogP contribution in [0.5, 0.6) is 0 Å². The third-order valence-electron chi connectivity index (χ3n) is 4.17. The molecule has 0 atom stereocenters. The summed E-state index contributed by atoms with van der Waals surface area (Å²) in [6.07, 6.45) is 5.03.